The molecule has 0 aliphatic heterocycles. The number of benzene rings is 1. The van der Waals surface area contributed by atoms with Gasteiger partial charge in [-0.25, -0.2) is 4.68 Å². The molecule has 0 saturated heterocycles. The fourth-order valence-corrected chi connectivity index (χ4v) is 2.77. The van der Waals surface area contributed by atoms with Crippen molar-refractivity contribution in [2.75, 3.05) is 0 Å². The van der Waals surface area contributed by atoms with Crippen LogP contribution >= 0.6 is 11.3 Å². The predicted molar refractivity (Wildman–Crippen MR) is 88.7 cm³/mol. The molecule has 23 heavy (non-hydrogen) atoms. The zero-order valence-corrected chi connectivity index (χ0v) is 13.7. The number of nitrogens with zero attached hydrogens (tertiary/aromatic N) is 4. The smallest absolute Gasteiger partial charge is 0.282 e. The summed E-state index contributed by atoms with van der Waals surface area (Å²) in [6.07, 6.45) is 3.63. The normalized spacial score (nSPS) is 10.9. The summed E-state index contributed by atoms with van der Waals surface area (Å²) in [6.45, 7) is 4.52. The number of carbonyl (C=O) groups excluding carboxylic acids is 1. The second kappa shape index (κ2) is 6.70. The van der Waals surface area contributed by atoms with Gasteiger partial charge < -0.3 is 5.32 Å². The maximum atomic E-state index is 12.1. The van der Waals surface area contributed by atoms with Crippen molar-refractivity contribution < 1.29 is 4.79 Å². The summed E-state index contributed by atoms with van der Waals surface area (Å²) in [5.74, 6) is 0.0921. The van der Waals surface area contributed by atoms with Crippen molar-refractivity contribution in [3.8, 4) is 5.69 Å². The van der Waals surface area contributed by atoms with E-state index in [1.165, 1.54) is 11.3 Å². The summed E-state index contributed by atoms with van der Waals surface area (Å²) in [6, 6.07) is 9.75. The molecule has 6 nitrogen and oxygen atoms in total. The standard InChI is InChI=1S/C16H17N5OS/c1-11(2)15-19-20-16(23-15)14(22)17-10-12-4-6-13(7-5-12)21-9-3-8-18-21/h3-9,11H,10H2,1-2H3,(H,17,22). The number of hydrogen-bond donors (Lipinski definition) is 1. The number of hydrogen-bond acceptors (Lipinski definition) is 5. The second-order valence-corrected chi connectivity index (χ2v) is 6.41. The van der Waals surface area contributed by atoms with E-state index in [0.717, 1.165) is 16.3 Å². The van der Waals surface area contributed by atoms with Gasteiger partial charge >= 0.3 is 0 Å². The summed E-state index contributed by atoms with van der Waals surface area (Å²) in [5.41, 5.74) is 2.00. The van der Waals surface area contributed by atoms with Gasteiger partial charge in [-0.1, -0.05) is 37.3 Å². The quantitative estimate of drug-likeness (QED) is 0.782. The van der Waals surface area contributed by atoms with Gasteiger partial charge in [-0.05, 0) is 23.8 Å². The zero-order valence-electron chi connectivity index (χ0n) is 12.9. The first kappa shape index (κ1) is 15.4. The highest BCUT2D eigenvalue weighted by Gasteiger charge is 2.14. The summed E-state index contributed by atoms with van der Waals surface area (Å²) < 4.78 is 1.79. The van der Waals surface area contributed by atoms with Crippen molar-refractivity contribution in [2.45, 2.75) is 26.3 Å². The maximum absolute atomic E-state index is 12.1. The fraction of sp³-hybridized carbons (Fsp3) is 0.250. The lowest BCUT2D eigenvalue weighted by Crippen LogP contribution is -2.22. The Labute approximate surface area is 138 Å². The van der Waals surface area contributed by atoms with Crippen LogP contribution in [0.5, 0.6) is 0 Å². The van der Waals surface area contributed by atoms with Crippen molar-refractivity contribution >= 4 is 17.2 Å². The van der Waals surface area contributed by atoms with Gasteiger partial charge in [-0.3, -0.25) is 4.79 Å². The first-order chi connectivity index (χ1) is 11.1. The van der Waals surface area contributed by atoms with Gasteiger partial charge in [0, 0.05) is 24.9 Å². The van der Waals surface area contributed by atoms with Crippen LogP contribution in [-0.4, -0.2) is 25.9 Å². The van der Waals surface area contributed by atoms with Gasteiger partial charge in [0.2, 0.25) is 5.01 Å². The minimum Gasteiger partial charge on any atom is -0.346 e. The molecule has 0 saturated carbocycles. The van der Waals surface area contributed by atoms with Crippen LogP contribution in [0.25, 0.3) is 5.69 Å². The molecule has 2 heterocycles. The lowest BCUT2D eigenvalue weighted by atomic mass is 10.2. The van der Waals surface area contributed by atoms with Gasteiger partial charge in [0.25, 0.3) is 5.91 Å². The average Bonchev–Trinajstić information content (AvgIpc) is 3.24. The van der Waals surface area contributed by atoms with E-state index in [2.05, 4.69) is 20.6 Å². The fourth-order valence-electron chi connectivity index (χ4n) is 2.01. The Hall–Kier alpha value is -2.54. The van der Waals surface area contributed by atoms with E-state index in [1.807, 2.05) is 50.4 Å². The van der Waals surface area contributed by atoms with Crippen LogP contribution in [0.1, 0.15) is 40.1 Å². The van der Waals surface area contributed by atoms with Crippen molar-refractivity contribution in [3.63, 3.8) is 0 Å². The van der Waals surface area contributed by atoms with Crippen molar-refractivity contribution in [1.82, 2.24) is 25.3 Å². The van der Waals surface area contributed by atoms with E-state index in [1.54, 1.807) is 10.9 Å². The molecule has 0 aliphatic rings. The molecule has 1 N–H and O–H groups in total. The van der Waals surface area contributed by atoms with Gasteiger partial charge in [-0.15, -0.1) is 10.2 Å². The minimum absolute atomic E-state index is 0.189. The highest BCUT2D eigenvalue weighted by molar-refractivity contribution is 7.13. The molecule has 2 aromatic heterocycles. The second-order valence-electron chi connectivity index (χ2n) is 5.40. The lowest BCUT2D eigenvalue weighted by Gasteiger charge is -2.05. The highest BCUT2D eigenvalue weighted by Crippen LogP contribution is 2.18. The predicted octanol–water partition coefficient (Wildman–Crippen LogP) is 2.78. The van der Waals surface area contributed by atoms with Crippen LogP contribution in [0, 0.1) is 0 Å². The Morgan fingerprint density at radius 3 is 2.65 bits per heavy atom. The molecule has 0 atom stereocenters. The summed E-state index contributed by atoms with van der Waals surface area (Å²) in [4.78, 5) is 12.1. The molecule has 0 radical (unpaired) electrons. The highest BCUT2D eigenvalue weighted by atomic mass is 32.1. The molecule has 118 valence electrons. The Morgan fingerprint density at radius 1 is 1.26 bits per heavy atom. The van der Waals surface area contributed by atoms with E-state index in [4.69, 9.17) is 0 Å². The number of nitrogens with one attached hydrogen (secondary N) is 1. The molecule has 0 unspecified atom stereocenters. The van der Waals surface area contributed by atoms with Gasteiger partial charge in [0.05, 0.1) is 5.69 Å². The minimum atomic E-state index is -0.189. The van der Waals surface area contributed by atoms with Crippen LogP contribution in [0.2, 0.25) is 0 Å². The van der Waals surface area contributed by atoms with Crippen molar-refractivity contribution in [1.29, 1.82) is 0 Å². The zero-order chi connectivity index (χ0) is 16.2. The Bertz CT molecular complexity index is 777. The summed E-state index contributed by atoms with van der Waals surface area (Å²) >= 11 is 1.34. The molecule has 1 aromatic carbocycles. The third-order valence-electron chi connectivity index (χ3n) is 3.29. The summed E-state index contributed by atoms with van der Waals surface area (Å²) in [5, 5.41) is 16.3. The van der Waals surface area contributed by atoms with Crippen LogP contribution < -0.4 is 5.32 Å². The molecule has 3 rings (SSSR count). The number of carbonyl (C=O) groups is 1. The van der Waals surface area contributed by atoms with E-state index in [9.17, 15) is 4.79 Å². The Balaban J connectivity index is 1.60. The first-order valence-corrected chi connectivity index (χ1v) is 8.15. The van der Waals surface area contributed by atoms with Gasteiger partial charge in [0.1, 0.15) is 5.01 Å². The SMILES string of the molecule is CC(C)c1nnc(C(=O)NCc2ccc(-n3cccn3)cc2)s1. The van der Waals surface area contributed by atoms with Crippen LogP contribution in [0.4, 0.5) is 0 Å². The molecule has 0 spiro atoms. The van der Waals surface area contributed by atoms with Gasteiger partial charge in [-0.2, -0.15) is 5.10 Å². The van der Waals surface area contributed by atoms with Gasteiger partial charge in [0.15, 0.2) is 0 Å². The number of amides is 1. The number of rotatable bonds is 5. The van der Waals surface area contributed by atoms with E-state index >= 15 is 0 Å². The molecule has 0 bridgehead atoms. The average molecular weight is 327 g/mol. The largest absolute Gasteiger partial charge is 0.346 e. The van der Waals surface area contributed by atoms with E-state index in [0.29, 0.717) is 11.6 Å². The van der Waals surface area contributed by atoms with E-state index < -0.39 is 0 Å². The van der Waals surface area contributed by atoms with E-state index in [-0.39, 0.29) is 11.8 Å². The third-order valence-corrected chi connectivity index (χ3v) is 4.51. The molecule has 7 heteroatoms. The van der Waals surface area contributed by atoms with Crippen LogP contribution in [0.15, 0.2) is 42.7 Å². The first-order valence-electron chi connectivity index (χ1n) is 7.34. The lowest BCUT2D eigenvalue weighted by molar-refractivity contribution is 0.0950. The third kappa shape index (κ3) is 3.62. The summed E-state index contributed by atoms with van der Waals surface area (Å²) in [7, 11) is 0. The topological polar surface area (TPSA) is 72.7 Å². The Morgan fingerprint density at radius 2 is 2.04 bits per heavy atom. The van der Waals surface area contributed by atoms with Crippen molar-refractivity contribution in [3.05, 3.63) is 58.3 Å². The van der Waals surface area contributed by atoms with Crippen LogP contribution in [0.3, 0.4) is 0 Å². The van der Waals surface area contributed by atoms with Crippen LogP contribution in [-0.2, 0) is 6.54 Å². The molecular formula is C16H17N5OS. The Kier molecular flexibility index (Phi) is 4.47. The maximum Gasteiger partial charge on any atom is 0.282 e. The molecule has 1 amide bonds. The molecule has 0 aliphatic carbocycles. The molecule has 0 fully saturated rings. The molecular weight excluding hydrogens is 310 g/mol. The number of aromatic nitrogens is 4. The monoisotopic (exact) mass is 327 g/mol. The molecule has 3 aromatic rings. The van der Waals surface area contributed by atoms with Crippen molar-refractivity contribution in [2.24, 2.45) is 0 Å².